The van der Waals surface area contributed by atoms with Crippen LogP contribution < -0.4 is 15.9 Å². The Morgan fingerprint density at radius 2 is 0.969 bits per heavy atom. The van der Waals surface area contributed by atoms with Crippen LogP contribution in [0.5, 0.6) is 11.5 Å². The lowest BCUT2D eigenvalue weighted by Gasteiger charge is -2.27. The summed E-state index contributed by atoms with van der Waals surface area (Å²) < 4.78 is 0. The molecule has 2 N–H and O–H groups in total. The van der Waals surface area contributed by atoms with Crippen molar-refractivity contribution in [2.45, 2.75) is 20.8 Å². The van der Waals surface area contributed by atoms with Crippen LogP contribution in [0.25, 0.3) is 21.5 Å². The van der Waals surface area contributed by atoms with Crippen molar-refractivity contribution in [3.05, 3.63) is 102 Å². The van der Waals surface area contributed by atoms with E-state index in [0.29, 0.717) is 0 Å². The number of rotatable bonds is 3. The van der Waals surface area contributed by atoms with Gasteiger partial charge < -0.3 is 10.2 Å². The average molecular weight is 436 g/mol. The summed E-state index contributed by atoms with van der Waals surface area (Å²) in [7, 11) is -1.24. The molecule has 5 rings (SSSR count). The van der Waals surface area contributed by atoms with Gasteiger partial charge in [-0.15, -0.1) is 0 Å². The standard InChI is InChI=1S/C29H25O2P/c1-18-16-19(2)27(20(3)17-18)32(28-23-10-6-4-8-21(23)12-14-25(28)30)29-24-11-7-5-9-22(24)13-15-26(29)31/h4-17,30-31H,1-3H3. The quantitative estimate of drug-likeness (QED) is 0.336. The Bertz CT molecular complexity index is 1380. The third-order valence-electron chi connectivity index (χ3n) is 6.06. The largest absolute Gasteiger partial charge is 0.507 e. The second-order valence-corrected chi connectivity index (χ2v) is 10.4. The number of hydrogen-bond acceptors (Lipinski definition) is 2. The van der Waals surface area contributed by atoms with E-state index in [9.17, 15) is 10.2 Å². The first-order chi connectivity index (χ1) is 15.5. The molecule has 0 saturated heterocycles. The lowest BCUT2D eigenvalue weighted by molar-refractivity contribution is 0.480. The Balaban J connectivity index is 1.98. The fourth-order valence-electron chi connectivity index (χ4n) is 4.82. The molecular formula is C29H25O2P. The summed E-state index contributed by atoms with van der Waals surface area (Å²) in [6.45, 7) is 6.38. The highest BCUT2D eigenvalue weighted by Gasteiger charge is 2.29. The molecule has 5 aromatic rings. The molecule has 0 aliphatic heterocycles. The summed E-state index contributed by atoms with van der Waals surface area (Å²) in [5.41, 5.74) is 3.56. The molecule has 0 atom stereocenters. The third-order valence-corrected chi connectivity index (χ3v) is 9.05. The lowest BCUT2D eigenvalue weighted by atomic mass is 10.1. The van der Waals surface area contributed by atoms with Crippen molar-refractivity contribution in [2.75, 3.05) is 0 Å². The van der Waals surface area contributed by atoms with Crippen LogP contribution in [0, 0.1) is 20.8 Å². The minimum atomic E-state index is -1.24. The van der Waals surface area contributed by atoms with Crippen LogP contribution in [-0.4, -0.2) is 10.2 Å². The second-order valence-electron chi connectivity index (χ2n) is 8.39. The number of phenolic OH excluding ortho intramolecular Hbond substituents is 2. The predicted molar refractivity (Wildman–Crippen MR) is 138 cm³/mol. The summed E-state index contributed by atoms with van der Waals surface area (Å²) in [6, 6.07) is 28.2. The molecule has 0 fully saturated rings. The Kier molecular flexibility index (Phi) is 5.12. The average Bonchev–Trinajstić information content (AvgIpc) is 2.77. The Hall–Kier alpha value is -3.35. The van der Waals surface area contributed by atoms with Gasteiger partial charge in [0.05, 0.1) is 0 Å². The molecule has 0 aliphatic rings. The fraction of sp³-hybridized carbons (Fsp3) is 0.103. The minimum absolute atomic E-state index is 0.265. The van der Waals surface area contributed by atoms with Gasteiger partial charge in [0.2, 0.25) is 0 Å². The van der Waals surface area contributed by atoms with Crippen molar-refractivity contribution in [1.29, 1.82) is 0 Å². The highest BCUT2D eigenvalue weighted by molar-refractivity contribution is 7.81. The number of hydrogen-bond donors (Lipinski definition) is 2. The van der Waals surface area contributed by atoms with Crippen LogP contribution in [0.1, 0.15) is 16.7 Å². The van der Waals surface area contributed by atoms with E-state index >= 15 is 0 Å². The van der Waals surface area contributed by atoms with Crippen molar-refractivity contribution in [2.24, 2.45) is 0 Å². The molecule has 0 radical (unpaired) electrons. The van der Waals surface area contributed by atoms with Gasteiger partial charge in [0.25, 0.3) is 0 Å². The molecule has 0 amide bonds. The van der Waals surface area contributed by atoms with Crippen LogP contribution in [0.15, 0.2) is 84.9 Å². The Labute approximate surface area is 189 Å². The molecule has 0 saturated carbocycles. The normalized spacial score (nSPS) is 11.5. The molecule has 5 aromatic carbocycles. The molecule has 32 heavy (non-hydrogen) atoms. The van der Waals surface area contributed by atoms with Gasteiger partial charge in [0.15, 0.2) is 0 Å². The maximum Gasteiger partial charge on any atom is 0.124 e. The van der Waals surface area contributed by atoms with Crippen molar-refractivity contribution in [3.8, 4) is 11.5 Å². The molecule has 0 aromatic heterocycles. The van der Waals surface area contributed by atoms with Gasteiger partial charge in [0.1, 0.15) is 11.5 Å². The third kappa shape index (κ3) is 3.32. The Morgan fingerprint density at radius 3 is 1.44 bits per heavy atom. The first-order valence-electron chi connectivity index (χ1n) is 10.7. The van der Waals surface area contributed by atoms with Crippen LogP contribution in [-0.2, 0) is 0 Å². The van der Waals surface area contributed by atoms with Gasteiger partial charge in [-0.2, -0.15) is 0 Å². The number of benzene rings is 5. The second kappa shape index (κ2) is 7.97. The summed E-state index contributed by atoms with van der Waals surface area (Å²) in [5.74, 6) is 0.531. The van der Waals surface area contributed by atoms with E-state index in [1.165, 1.54) is 22.0 Å². The molecule has 3 heteroatoms. The first kappa shape index (κ1) is 20.5. The topological polar surface area (TPSA) is 40.5 Å². The molecule has 0 aliphatic carbocycles. The van der Waals surface area contributed by atoms with Gasteiger partial charge in [-0.25, -0.2) is 0 Å². The van der Waals surface area contributed by atoms with E-state index in [-0.39, 0.29) is 11.5 Å². The van der Waals surface area contributed by atoms with Gasteiger partial charge in [-0.3, -0.25) is 0 Å². The maximum atomic E-state index is 11.2. The lowest BCUT2D eigenvalue weighted by Crippen LogP contribution is -2.26. The van der Waals surface area contributed by atoms with E-state index in [1.54, 1.807) is 12.1 Å². The van der Waals surface area contributed by atoms with Crippen molar-refractivity contribution in [1.82, 2.24) is 0 Å². The molecule has 0 heterocycles. The smallest absolute Gasteiger partial charge is 0.124 e. The van der Waals surface area contributed by atoms with Crippen molar-refractivity contribution < 1.29 is 10.2 Å². The number of phenols is 2. The molecule has 0 bridgehead atoms. The van der Waals surface area contributed by atoms with Gasteiger partial charge in [0, 0.05) is 10.6 Å². The van der Waals surface area contributed by atoms with Gasteiger partial charge in [-0.05, 0) is 78.8 Å². The zero-order chi connectivity index (χ0) is 22.4. The van der Waals surface area contributed by atoms with Crippen LogP contribution in [0.2, 0.25) is 0 Å². The molecular weight excluding hydrogens is 411 g/mol. The van der Waals surface area contributed by atoms with E-state index in [1.807, 2.05) is 36.4 Å². The van der Waals surface area contributed by atoms with Crippen LogP contribution in [0.4, 0.5) is 0 Å². The maximum absolute atomic E-state index is 11.2. The van der Waals surface area contributed by atoms with Gasteiger partial charge in [-0.1, -0.05) is 78.4 Å². The van der Waals surface area contributed by atoms with Crippen molar-refractivity contribution >= 4 is 45.4 Å². The summed E-state index contributed by atoms with van der Waals surface area (Å²) >= 11 is 0. The molecule has 0 spiro atoms. The Morgan fingerprint density at radius 1 is 0.531 bits per heavy atom. The molecule has 2 nitrogen and oxygen atoms in total. The van der Waals surface area contributed by atoms with E-state index in [4.69, 9.17) is 0 Å². The molecule has 0 unspecified atom stereocenters. The van der Waals surface area contributed by atoms with Crippen LogP contribution in [0.3, 0.4) is 0 Å². The van der Waals surface area contributed by atoms with E-state index < -0.39 is 7.92 Å². The zero-order valence-electron chi connectivity index (χ0n) is 18.4. The number of aromatic hydroxyl groups is 2. The van der Waals surface area contributed by atoms with Crippen molar-refractivity contribution in [3.63, 3.8) is 0 Å². The summed E-state index contributed by atoms with van der Waals surface area (Å²) in [4.78, 5) is 0. The minimum Gasteiger partial charge on any atom is -0.507 e. The summed E-state index contributed by atoms with van der Waals surface area (Å²) in [6.07, 6.45) is 0. The summed E-state index contributed by atoms with van der Waals surface area (Å²) in [5, 5.41) is 29.6. The predicted octanol–water partition coefficient (Wildman–Crippen LogP) is 6.09. The van der Waals surface area contributed by atoms with Gasteiger partial charge >= 0.3 is 0 Å². The zero-order valence-corrected chi connectivity index (χ0v) is 19.3. The fourth-order valence-corrected chi connectivity index (χ4v) is 7.82. The monoisotopic (exact) mass is 436 g/mol. The van der Waals surface area contributed by atoms with E-state index in [2.05, 4.69) is 57.2 Å². The SMILES string of the molecule is Cc1cc(C)c(P(c2c(O)ccc3ccccc23)c2c(O)ccc3ccccc23)c(C)c1. The molecule has 158 valence electrons. The first-order valence-corrected chi connectivity index (χ1v) is 12.1. The highest BCUT2D eigenvalue weighted by atomic mass is 31.1. The van der Waals surface area contributed by atoms with E-state index in [0.717, 1.165) is 32.2 Å². The number of fused-ring (bicyclic) bond motifs is 2. The van der Waals surface area contributed by atoms with Crippen LogP contribution >= 0.6 is 7.92 Å². The highest BCUT2D eigenvalue weighted by Crippen LogP contribution is 2.45. The number of aryl methyl sites for hydroxylation is 3.